The molecule has 9 heteroatoms. The first kappa shape index (κ1) is 22.5. The van der Waals surface area contributed by atoms with Gasteiger partial charge >= 0.3 is 6.18 Å². The molecule has 0 aromatic heterocycles. The molecule has 0 unspecified atom stereocenters. The normalized spacial score (nSPS) is 17.2. The van der Waals surface area contributed by atoms with E-state index in [4.69, 9.17) is 4.74 Å². The standard InChI is InChI=1S/C17H31F3N4O2/c1-4-26-10-9-16(7-5-6-8-16)12-23-15(21-2)22-11-14(25)24(3)13-17(18,19)20/h4-13H2,1-3H3,(H2,21,22,23). The van der Waals surface area contributed by atoms with Gasteiger partial charge in [-0.25, -0.2) is 0 Å². The Morgan fingerprint density at radius 2 is 1.92 bits per heavy atom. The third-order valence-corrected chi connectivity index (χ3v) is 4.75. The van der Waals surface area contributed by atoms with Gasteiger partial charge in [-0.15, -0.1) is 0 Å². The zero-order chi connectivity index (χ0) is 19.6. The predicted molar refractivity (Wildman–Crippen MR) is 95.1 cm³/mol. The van der Waals surface area contributed by atoms with Gasteiger partial charge in [0.15, 0.2) is 5.96 Å². The Hall–Kier alpha value is -1.51. The summed E-state index contributed by atoms with van der Waals surface area (Å²) in [7, 11) is 2.70. The molecule has 1 rings (SSSR count). The molecule has 1 amide bonds. The molecule has 0 saturated heterocycles. The number of carbonyl (C=O) groups is 1. The summed E-state index contributed by atoms with van der Waals surface area (Å²) in [6, 6.07) is 0. The molecule has 0 aliphatic heterocycles. The largest absolute Gasteiger partial charge is 0.406 e. The van der Waals surface area contributed by atoms with Gasteiger partial charge in [-0.2, -0.15) is 13.2 Å². The second-order valence-corrected chi connectivity index (χ2v) is 6.80. The van der Waals surface area contributed by atoms with E-state index in [2.05, 4.69) is 15.6 Å². The van der Waals surface area contributed by atoms with Crippen molar-refractivity contribution in [3.63, 3.8) is 0 Å². The van der Waals surface area contributed by atoms with Crippen LogP contribution in [0.15, 0.2) is 4.99 Å². The van der Waals surface area contributed by atoms with E-state index in [0.29, 0.717) is 30.6 Å². The van der Waals surface area contributed by atoms with Gasteiger partial charge in [0.25, 0.3) is 0 Å². The Balaban J connectivity index is 2.45. The molecule has 152 valence electrons. The lowest BCUT2D eigenvalue weighted by molar-refractivity contribution is -0.157. The van der Waals surface area contributed by atoms with Crippen molar-refractivity contribution >= 4 is 11.9 Å². The van der Waals surface area contributed by atoms with Gasteiger partial charge < -0.3 is 20.3 Å². The molecule has 1 aliphatic carbocycles. The Morgan fingerprint density at radius 3 is 2.46 bits per heavy atom. The lowest BCUT2D eigenvalue weighted by atomic mass is 9.83. The van der Waals surface area contributed by atoms with Crippen LogP contribution in [0, 0.1) is 5.41 Å². The van der Waals surface area contributed by atoms with Crippen molar-refractivity contribution in [2.75, 3.05) is 46.9 Å². The van der Waals surface area contributed by atoms with Gasteiger partial charge in [-0.05, 0) is 31.6 Å². The zero-order valence-corrected chi connectivity index (χ0v) is 15.9. The number of alkyl halides is 3. The number of amides is 1. The van der Waals surface area contributed by atoms with Gasteiger partial charge in [0.05, 0.1) is 6.54 Å². The fourth-order valence-corrected chi connectivity index (χ4v) is 3.22. The van der Waals surface area contributed by atoms with Crippen molar-refractivity contribution in [3.8, 4) is 0 Å². The average Bonchev–Trinajstić information content (AvgIpc) is 3.02. The van der Waals surface area contributed by atoms with E-state index in [1.165, 1.54) is 12.8 Å². The van der Waals surface area contributed by atoms with E-state index in [9.17, 15) is 18.0 Å². The molecule has 0 radical (unpaired) electrons. The van der Waals surface area contributed by atoms with Gasteiger partial charge in [0, 0.05) is 33.9 Å². The summed E-state index contributed by atoms with van der Waals surface area (Å²) in [5.41, 5.74) is 0.143. The first-order valence-corrected chi connectivity index (χ1v) is 9.04. The maximum Gasteiger partial charge on any atom is 0.406 e. The third-order valence-electron chi connectivity index (χ3n) is 4.75. The number of aliphatic imine (C=N–C) groups is 1. The molecule has 0 atom stereocenters. The maximum atomic E-state index is 12.3. The number of ether oxygens (including phenoxy) is 1. The molecule has 26 heavy (non-hydrogen) atoms. The first-order valence-electron chi connectivity index (χ1n) is 9.04. The molecular weight excluding hydrogens is 349 g/mol. The minimum atomic E-state index is -4.40. The minimum Gasteiger partial charge on any atom is -0.382 e. The number of rotatable bonds is 9. The van der Waals surface area contributed by atoms with Crippen LogP contribution in [-0.4, -0.2) is 69.9 Å². The molecule has 0 aromatic carbocycles. The number of carbonyl (C=O) groups excluding carboxylic acids is 1. The van der Waals surface area contributed by atoms with Crippen molar-refractivity contribution < 1.29 is 22.7 Å². The Bertz CT molecular complexity index is 463. The average molecular weight is 380 g/mol. The number of halogens is 3. The van der Waals surface area contributed by atoms with Gasteiger partial charge in [-0.1, -0.05) is 12.8 Å². The summed E-state index contributed by atoms with van der Waals surface area (Å²) in [5, 5.41) is 6.01. The maximum absolute atomic E-state index is 12.3. The van der Waals surface area contributed by atoms with Crippen LogP contribution in [0.2, 0.25) is 0 Å². The molecular formula is C17H31F3N4O2. The van der Waals surface area contributed by atoms with Crippen LogP contribution in [0.1, 0.15) is 39.0 Å². The topological polar surface area (TPSA) is 66.0 Å². The summed E-state index contributed by atoms with van der Waals surface area (Å²) in [4.78, 5) is 16.5. The number of nitrogens with zero attached hydrogens (tertiary/aromatic N) is 2. The zero-order valence-electron chi connectivity index (χ0n) is 15.9. The van der Waals surface area contributed by atoms with Crippen molar-refractivity contribution in [1.29, 1.82) is 0 Å². The number of hydrogen-bond acceptors (Lipinski definition) is 3. The van der Waals surface area contributed by atoms with Crippen LogP contribution in [0.4, 0.5) is 13.2 Å². The highest BCUT2D eigenvalue weighted by atomic mass is 19.4. The number of nitrogens with one attached hydrogen (secondary N) is 2. The van der Waals surface area contributed by atoms with Crippen molar-refractivity contribution in [2.45, 2.75) is 45.2 Å². The van der Waals surface area contributed by atoms with Crippen LogP contribution >= 0.6 is 0 Å². The van der Waals surface area contributed by atoms with E-state index in [1.807, 2.05) is 6.92 Å². The highest BCUT2D eigenvalue weighted by Gasteiger charge is 2.34. The van der Waals surface area contributed by atoms with Gasteiger partial charge in [0.1, 0.15) is 6.54 Å². The molecule has 1 saturated carbocycles. The minimum absolute atomic E-state index is 0.143. The molecule has 0 heterocycles. The van der Waals surface area contributed by atoms with E-state index in [-0.39, 0.29) is 12.0 Å². The number of hydrogen-bond donors (Lipinski definition) is 2. The van der Waals surface area contributed by atoms with Crippen LogP contribution < -0.4 is 10.6 Å². The number of likely N-dealkylation sites (N-methyl/N-ethyl adjacent to an activating group) is 1. The summed E-state index contributed by atoms with van der Waals surface area (Å²) < 4.78 is 42.5. The van der Waals surface area contributed by atoms with Crippen LogP contribution in [0.5, 0.6) is 0 Å². The summed E-state index contributed by atoms with van der Waals surface area (Å²) in [6.45, 7) is 2.58. The molecule has 0 aromatic rings. The molecule has 0 bridgehead atoms. The Kier molecular flexibility index (Phi) is 9.18. The van der Waals surface area contributed by atoms with Crippen LogP contribution in [-0.2, 0) is 9.53 Å². The smallest absolute Gasteiger partial charge is 0.382 e. The lowest BCUT2D eigenvalue weighted by Crippen LogP contribution is -2.47. The molecule has 1 fully saturated rings. The van der Waals surface area contributed by atoms with E-state index >= 15 is 0 Å². The van der Waals surface area contributed by atoms with Crippen molar-refractivity contribution in [2.24, 2.45) is 10.4 Å². The summed E-state index contributed by atoms with van der Waals surface area (Å²) in [5.74, 6) is -0.223. The number of guanidine groups is 1. The summed E-state index contributed by atoms with van der Waals surface area (Å²) >= 11 is 0. The quantitative estimate of drug-likeness (QED) is 0.366. The second-order valence-electron chi connectivity index (χ2n) is 6.80. The monoisotopic (exact) mass is 380 g/mol. The van der Waals surface area contributed by atoms with Crippen LogP contribution in [0.25, 0.3) is 0 Å². The predicted octanol–water partition coefficient (Wildman–Crippen LogP) is 2.16. The van der Waals surface area contributed by atoms with Crippen LogP contribution in [0.3, 0.4) is 0 Å². The highest BCUT2D eigenvalue weighted by molar-refractivity contribution is 5.86. The molecule has 1 aliphatic rings. The molecule has 6 nitrogen and oxygen atoms in total. The SMILES string of the molecule is CCOCCC1(CNC(=NC)NCC(=O)N(C)CC(F)(F)F)CCCC1. The van der Waals surface area contributed by atoms with E-state index in [0.717, 1.165) is 26.3 Å². The van der Waals surface area contributed by atoms with E-state index in [1.54, 1.807) is 7.05 Å². The Labute approximate surface area is 153 Å². The fraction of sp³-hybridized carbons (Fsp3) is 0.882. The fourth-order valence-electron chi connectivity index (χ4n) is 3.22. The Morgan fingerprint density at radius 1 is 1.27 bits per heavy atom. The van der Waals surface area contributed by atoms with Crippen molar-refractivity contribution in [1.82, 2.24) is 15.5 Å². The van der Waals surface area contributed by atoms with E-state index < -0.39 is 18.6 Å². The second kappa shape index (κ2) is 10.6. The highest BCUT2D eigenvalue weighted by Crippen LogP contribution is 2.40. The summed E-state index contributed by atoms with van der Waals surface area (Å²) in [6.07, 6.45) is 1.13. The third kappa shape index (κ3) is 8.25. The first-order chi connectivity index (χ1) is 12.2. The van der Waals surface area contributed by atoms with Gasteiger partial charge in [-0.3, -0.25) is 9.79 Å². The molecule has 2 N–H and O–H groups in total. The van der Waals surface area contributed by atoms with Gasteiger partial charge in [0.2, 0.25) is 5.91 Å². The lowest BCUT2D eigenvalue weighted by Gasteiger charge is -2.30. The van der Waals surface area contributed by atoms with Crippen molar-refractivity contribution in [3.05, 3.63) is 0 Å². The molecule has 0 spiro atoms.